The van der Waals surface area contributed by atoms with Crippen LogP contribution in [-0.4, -0.2) is 24.6 Å². The van der Waals surface area contributed by atoms with Crippen molar-refractivity contribution in [3.8, 4) is 0 Å². The van der Waals surface area contributed by atoms with Crippen molar-refractivity contribution in [3.05, 3.63) is 24.3 Å². The first kappa shape index (κ1) is 17.8. The molecule has 0 atom stereocenters. The van der Waals surface area contributed by atoms with Gasteiger partial charge in [0.2, 0.25) is 12.8 Å². The van der Waals surface area contributed by atoms with Crippen LogP contribution in [-0.2, 0) is 19.2 Å². The normalized spacial score (nSPS) is 9.40. The lowest BCUT2D eigenvalue weighted by molar-refractivity contribution is -0.124. The maximum Gasteiger partial charge on any atom is 0.252 e. The van der Waals surface area contributed by atoms with Crippen molar-refractivity contribution in [2.45, 2.75) is 38.5 Å². The predicted octanol–water partition coefficient (Wildman–Crippen LogP) is 0.985. The first-order valence-corrected chi connectivity index (χ1v) is 6.37. The molecule has 0 heterocycles. The molecule has 6 heteroatoms. The molecule has 0 aromatic heterocycles. The highest BCUT2D eigenvalue weighted by atomic mass is 16.2. The van der Waals surface area contributed by atoms with Crippen LogP contribution in [0, 0.1) is 0 Å². The Balaban J connectivity index is 3.63. The van der Waals surface area contributed by atoms with Crippen molar-refractivity contribution >= 4 is 24.6 Å². The topological polar surface area (TPSA) is 92.3 Å². The molecule has 0 rings (SSSR count). The molecule has 0 bridgehead atoms. The molecule has 0 fully saturated rings. The third kappa shape index (κ3) is 7.97. The van der Waals surface area contributed by atoms with Crippen LogP contribution >= 0.6 is 0 Å². The molecule has 20 heavy (non-hydrogen) atoms. The predicted molar refractivity (Wildman–Crippen MR) is 74.4 cm³/mol. The molecule has 6 nitrogen and oxygen atoms in total. The minimum Gasteiger partial charge on any atom is -0.295 e. The lowest BCUT2D eigenvalue weighted by Gasteiger charge is -2.05. The summed E-state index contributed by atoms with van der Waals surface area (Å²) in [7, 11) is 0. The zero-order valence-corrected chi connectivity index (χ0v) is 11.4. The molecule has 0 spiro atoms. The van der Waals surface area contributed by atoms with Gasteiger partial charge in [-0.2, -0.15) is 0 Å². The number of carbonyl (C=O) groups is 4. The van der Waals surface area contributed by atoms with Crippen LogP contribution in [0.1, 0.15) is 38.5 Å². The molecule has 0 saturated carbocycles. The van der Waals surface area contributed by atoms with Crippen molar-refractivity contribution in [1.29, 1.82) is 0 Å². The van der Waals surface area contributed by atoms with Gasteiger partial charge in [-0.25, -0.2) is 0 Å². The first-order valence-electron chi connectivity index (χ1n) is 6.37. The van der Waals surface area contributed by atoms with E-state index in [1.165, 1.54) is 0 Å². The average Bonchev–Trinajstić information content (AvgIpc) is 2.42. The summed E-state index contributed by atoms with van der Waals surface area (Å²) >= 11 is 0. The van der Waals surface area contributed by atoms with Crippen LogP contribution in [0.4, 0.5) is 0 Å². The van der Waals surface area contributed by atoms with Crippen LogP contribution in [0.25, 0.3) is 0 Å². The number of imide groups is 2. The summed E-state index contributed by atoms with van der Waals surface area (Å²) < 4.78 is 0. The Morgan fingerprint density at radius 2 is 1.10 bits per heavy atom. The van der Waals surface area contributed by atoms with E-state index in [-0.39, 0.29) is 0 Å². The van der Waals surface area contributed by atoms with Gasteiger partial charge in [0, 0.05) is 11.1 Å². The molecule has 110 valence electrons. The maximum absolute atomic E-state index is 11.2. The van der Waals surface area contributed by atoms with Gasteiger partial charge in [-0.1, -0.05) is 26.0 Å². The van der Waals surface area contributed by atoms with Crippen LogP contribution in [0.5, 0.6) is 0 Å². The van der Waals surface area contributed by atoms with Crippen molar-refractivity contribution < 1.29 is 19.2 Å². The van der Waals surface area contributed by atoms with E-state index >= 15 is 0 Å². The smallest absolute Gasteiger partial charge is 0.252 e. The van der Waals surface area contributed by atoms with E-state index in [2.05, 4.69) is 13.2 Å². The summed E-state index contributed by atoms with van der Waals surface area (Å²) in [6, 6.07) is 0. The monoisotopic (exact) mass is 280 g/mol. The van der Waals surface area contributed by atoms with Gasteiger partial charge in [0.15, 0.2) is 0 Å². The number of nitrogens with one attached hydrogen (secondary N) is 2. The van der Waals surface area contributed by atoms with Gasteiger partial charge in [-0.3, -0.25) is 29.8 Å². The van der Waals surface area contributed by atoms with Crippen LogP contribution in [0.3, 0.4) is 0 Å². The second-order valence-corrected chi connectivity index (χ2v) is 4.30. The molecule has 2 N–H and O–H groups in total. The summed E-state index contributed by atoms with van der Waals surface area (Å²) in [5, 5.41) is 4.07. The van der Waals surface area contributed by atoms with E-state index in [0.717, 1.165) is 25.7 Å². The summed E-state index contributed by atoms with van der Waals surface area (Å²) in [5.74, 6) is -0.891. The van der Waals surface area contributed by atoms with E-state index in [4.69, 9.17) is 0 Å². The molecule has 0 saturated heterocycles. The summed E-state index contributed by atoms with van der Waals surface area (Å²) in [6.45, 7) is 7.18. The van der Waals surface area contributed by atoms with Gasteiger partial charge >= 0.3 is 0 Å². The largest absolute Gasteiger partial charge is 0.295 e. The van der Waals surface area contributed by atoms with E-state index in [9.17, 15) is 19.2 Å². The van der Waals surface area contributed by atoms with E-state index < -0.39 is 11.8 Å². The molecule has 0 aromatic carbocycles. The molecule has 0 aliphatic heterocycles. The number of unbranched alkanes of at least 4 members (excludes halogenated alkanes) is 3. The van der Waals surface area contributed by atoms with E-state index in [1.54, 1.807) is 0 Å². The number of hydrogen-bond donors (Lipinski definition) is 2. The fraction of sp³-hybridized carbons (Fsp3) is 0.429. The minimum atomic E-state index is -0.445. The lowest BCUT2D eigenvalue weighted by Crippen LogP contribution is -2.22. The second kappa shape index (κ2) is 10.7. The van der Waals surface area contributed by atoms with Crippen LogP contribution in [0.15, 0.2) is 24.3 Å². The summed E-state index contributed by atoms with van der Waals surface area (Å²) in [5.41, 5.74) is 0.763. The molecule has 0 unspecified atom stereocenters. The summed E-state index contributed by atoms with van der Waals surface area (Å²) in [4.78, 5) is 42.5. The Hall–Kier alpha value is -2.24. The van der Waals surface area contributed by atoms with Gasteiger partial charge in [-0.05, 0) is 25.7 Å². The van der Waals surface area contributed by atoms with Crippen molar-refractivity contribution in [3.63, 3.8) is 0 Å². The highest BCUT2D eigenvalue weighted by molar-refractivity contribution is 5.99. The lowest BCUT2D eigenvalue weighted by atomic mass is 10.0. The molecule has 4 amide bonds. The number of rotatable bonds is 11. The van der Waals surface area contributed by atoms with Gasteiger partial charge in [0.05, 0.1) is 0 Å². The SMILES string of the molecule is C=C(CCCCCCC(=C)C(=O)NC=O)C(=O)NC=O. The molecule has 0 radical (unpaired) electrons. The maximum atomic E-state index is 11.2. The zero-order valence-electron chi connectivity index (χ0n) is 11.4. The van der Waals surface area contributed by atoms with E-state index in [1.807, 2.05) is 10.6 Å². The Bertz CT molecular complexity index is 364. The van der Waals surface area contributed by atoms with Crippen LogP contribution < -0.4 is 10.6 Å². The Morgan fingerprint density at radius 1 is 0.750 bits per heavy atom. The van der Waals surface area contributed by atoms with Gasteiger partial charge < -0.3 is 0 Å². The zero-order chi connectivity index (χ0) is 15.4. The number of hydrogen-bond acceptors (Lipinski definition) is 4. The van der Waals surface area contributed by atoms with Gasteiger partial charge in [0.1, 0.15) is 0 Å². The molecule has 0 aliphatic carbocycles. The van der Waals surface area contributed by atoms with Gasteiger partial charge in [-0.15, -0.1) is 0 Å². The minimum absolute atomic E-state index is 0.337. The fourth-order valence-corrected chi connectivity index (χ4v) is 1.57. The molecular weight excluding hydrogens is 260 g/mol. The average molecular weight is 280 g/mol. The number of amides is 4. The standard InChI is InChI=1S/C14H20N2O4/c1-11(13(19)15-9-17)7-5-3-4-6-8-12(2)14(20)16-10-18/h9-10H,1-8H2,(H,15,17,19)(H,16,18,20). The molecule has 0 aromatic rings. The van der Waals surface area contributed by atoms with Crippen molar-refractivity contribution in [2.24, 2.45) is 0 Å². The number of carbonyl (C=O) groups excluding carboxylic acids is 4. The Morgan fingerprint density at radius 3 is 1.40 bits per heavy atom. The van der Waals surface area contributed by atoms with Crippen LogP contribution in [0.2, 0.25) is 0 Å². The molecular formula is C14H20N2O4. The third-order valence-electron chi connectivity index (χ3n) is 2.73. The third-order valence-corrected chi connectivity index (χ3v) is 2.73. The highest BCUT2D eigenvalue weighted by Gasteiger charge is 2.06. The Kier molecular flexibility index (Phi) is 9.47. The molecule has 0 aliphatic rings. The quantitative estimate of drug-likeness (QED) is 0.335. The highest BCUT2D eigenvalue weighted by Crippen LogP contribution is 2.12. The summed E-state index contributed by atoms with van der Waals surface area (Å²) in [6.07, 6.45) is 5.09. The second-order valence-electron chi connectivity index (χ2n) is 4.30. The Labute approximate surface area is 118 Å². The van der Waals surface area contributed by atoms with E-state index in [0.29, 0.717) is 36.8 Å². The van der Waals surface area contributed by atoms with Crippen molar-refractivity contribution in [1.82, 2.24) is 10.6 Å². The fourth-order valence-electron chi connectivity index (χ4n) is 1.57. The first-order chi connectivity index (χ1) is 9.52. The van der Waals surface area contributed by atoms with Gasteiger partial charge in [0.25, 0.3) is 11.8 Å². The van der Waals surface area contributed by atoms with Crippen molar-refractivity contribution in [2.75, 3.05) is 0 Å².